The summed E-state index contributed by atoms with van der Waals surface area (Å²) in [4.78, 5) is 12.1. The van der Waals surface area contributed by atoms with E-state index in [0.717, 1.165) is 5.56 Å². The zero-order valence-electron chi connectivity index (χ0n) is 10.8. The second-order valence-electron chi connectivity index (χ2n) is 3.88. The topological polar surface area (TPSA) is 62.1 Å². The minimum absolute atomic E-state index is 0.0503. The van der Waals surface area contributed by atoms with Crippen LogP contribution in [0, 0.1) is 11.3 Å². The van der Waals surface area contributed by atoms with E-state index in [2.05, 4.69) is 5.32 Å². The van der Waals surface area contributed by atoms with E-state index in [-0.39, 0.29) is 5.57 Å². The van der Waals surface area contributed by atoms with E-state index in [9.17, 15) is 4.79 Å². The molecule has 0 spiro atoms. The summed E-state index contributed by atoms with van der Waals surface area (Å²) in [6.07, 6.45) is 1.56. The summed E-state index contributed by atoms with van der Waals surface area (Å²) in [6, 6.07) is 10.8. The van der Waals surface area contributed by atoms with Gasteiger partial charge in [-0.25, -0.2) is 0 Å². The van der Waals surface area contributed by atoms with Crippen molar-refractivity contribution in [3.05, 3.63) is 52.2 Å². The number of methoxy groups -OCH3 is 1. The lowest BCUT2D eigenvalue weighted by Crippen LogP contribution is -2.14. The van der Waals surface area contributed by atoms with Gasteiger partial charge in [0, 0.05) is 0 Å². The minimum atomic E-state index is -0.455. The van der Waals surface area contributed by atoms with Crippen LogP contribution < -0.4 is 10.1 Å². The van der Waals surface area contributed by atoms with Crippen LogP contribution in [0.5, 0.6) is 5.75 Å². The quantitative estimate of drug-likeness (QED) is 0.692. The molecule has 5 heteroatoms. The molecule has 20 heavy (non-hydrogen) atoms. The van der Waals surface area contributed by atoms with Crippen molar-refractivity contribution >= 4 is 29.0 Å². The number of carbonyl (C=O) groups excluding carboxylic acids is 1. The van der Waals surface area contributed by atoms with Gasteiger partial charge in [-0.2, -0.15) is 16.6 Å². The number of nitrogens with one attached hydrogen (secondary N) is 1. The molecule has 0 aliphatic rings. The molecule has 0 fully saturated rings. The van der Waals surface area contributed by atoms with Crippen LogP contribution in [0.4, 0.5) is 5.69 Å². The molecule has 1 aromatic carbocycles. The van der Waals surface area contributed by atoms with Crippen molar-refractivity contribution < 1.29 is 9.53 Å². The highest BCUT2D eigenvalue weighted by molar-refractivity contribution is 7.08. The number of thiophene rings is 1. The molecule has 0 atom stereocenters. The third-order valence-corrected chi connectivity index (χ3v) is 3.28. The van der Waals surface area contributed by atoms with Gasteiger partial charge in [0.2, 0.25) is 0 Å². The van der Waals surface area contributed by atoms with Crippen LogP contribution in [-0.4, -0.2) is 13.0 Å². The molecule has 2 rings (SSSR count). The van der Waals surface area contributed by atoms with Crippen molar-refractivity contribution in [2.24, 2.45) is 0 Å². The number of hydrogen-bond donors (Lipinski definition) is 1. The highest BCUT2D eigenvalue weighted by atomic mass is 32.1. The maximum atomic E-state index is 12.1. The molecule has 1 amide bonds. The number of para-hydroxylation sites is 2. The van der Waals surface area contributed by atoms with Crippen molar-refractivity contribution in [1.29, 1.82) is 5.26 Å². The molecule has 4 nitrogen and oxygen atoms in total. The number of nitriles is 1. The molecule has 2 aromatic rings. The highest BCUT2D eigenvalue weighted by Gasteiger charge is 2.11. The number of ether oxygens (including phenoxy) is 1. The third-order valence-electron chi connectivity index (χ3n) is 2.57. The molecular weight excluding hydrogens is 272 g/mol. The summed E-state index contributed by atoms with van der Waals surface area (Å²) in [5, 5.41) is 15.5. The lowest BCUT2D eigenvalue weighted by Gasteiger charge is -2.08. The van der Waals surface area contributed by atoms with E-state index in [0.29, 0.717) is 11.4 Å². The summed E-state index contributed by atoms with van der Waals surface area (Å²) in [7, 11) is 1.53. The van der Waals surface area contributed by atoms with Gasteiger partial charge in [0.1, 0.15) is 17.4 Å². The van der Waals surface area contributed by atoms with Crippen LogP contribution in [0.15, 0.2) is 46.7 Å². The molecule has 0 saturated heterocycles. The van der Waals surface area contributed by atoms with Gasteiger partial charge >= 0.3 is 0 Å². The smallest absolute Gasteiger partial charge is 0.266 e. The summed E-state index contributed by atoms with van der Waals surface area (Å²) < 4.78 is 5.15. The van der Waals surface area contributed by atoms with Gasteiger partial charge in [0.05, 0.1) is 12.8 Å². The van der Waals surface area contributed by atoms with E-state index >= 15 is 0 Å². The molecule has 100 valence electrons. The van der Waals surface area contributed by atoms with Crippen molar-refractivity contribution in [3.8, 4) is 11.8 Å². The average Bonchev–Trinajstić information content (AvgIpc) is 2.98. The van der Waals surface area contributed by atoms with Gasteiger partial charge in [-0.1, -0.05) is 12.1 Å². The number of benzene rings is 1. The van der Waals surface area contributed by atoms with Gasteiger partial charge in [-0.15, -0.1) is 0 Å². The fraction of sp³-hybridized carbons (Fsp3) is 0.0667. The predicted molar refractivity (Wildman–Crippen MR) is 79.5 cm³/mol. The van der Waals surface area contributed by atoms with Crippen molar-refractivity contribution in [1.82, 2.24) is 0 Å². The van der Waals surface area contributed by atoms with E-state index in [1.807, 2.05) is 22.9 Å². The Labute approximate surface area is 120 Å². The molecule has 0 unspecified atom stereocenters. The first-order chi connectivity index (χ1) is 9.74. The van der Waals surface area contributed by atoms with Gasteiger partial charge < -0.3 is 10.1 Å². The number of anilines is 1. The molecule has 0 aliphatic heterocycles. The second kappa shape index (κ2) is 6.55. The Hall–Kier alpha value is -2.58. The molecule has 1 heterocycles. The second-order valence-corrected chi connectivity index (χ2v) is 4.66. The maximum absolute atomic E-state index is 12.1. The van der Waals surface area contributed by atoms with Crippen LogP contribution in [-0.2, 0) is 4.79 Å². The van der Waals surface area contributed by atoms with Crippen molar-refractivity contribution in [2.75, 3.05) is 12.4 Å². The Morgan fingerprint density at radius 2 is 2.20 bits per heavy atom. The monoisotopic (exact) mass is 284 g/mol. The van der Waals surface area contributed by atoms with Gasteiger partial charge in [0.15, 0.2) is 0 Å². The third kappa shape index (κ3) is 3.25. The van der Waals surface area contributed by atoms with Gasteiger partial charge in [-0.05, 0) is 40.6 Å². The summed E-state index contributed by atoms with van der Waals surface area (Å²) in [5.74, 6) is 0.0943. The van der Waals surface area contributed by atoms with Crippen LogP contribution >= 0.6 is 11.3 Å². The maximum Gasteiger partial charge on any atom is 0.266 e. The van der Waals surface area contributed by atoms with E-state index in [1.165, 1.54) is 18.4 Å². The van der Waals surface area contributed by atoms with Crippen molar-refractivity contribution in [2.45, 2.75) is 0 Å². The Bertz CT molecular complexity index is 669. The first kappa shape index (κ1) is 13.8. The van der Waals surface area contributed by atoms with Crippen LogP contribution in [0.25, 0.3) is 6.08 Å². The lowest BCUT2D eigenvalue weighted by atomic mass is 10.2. The summed E-state index contributed by atoms with van der Waals surface area (Å²) in [6.45, 7) is 0. The van der Waals surface area contributed by atoms with Crippen molar-refractivity contribution in [3.63, 3.8) is 0 Å². The van der Waals surface area contributed by atoms with E-state index in [4.69, 9.17) is 10.00 Å². The number of rotatable bonds is 4. The summed E-state index contributed by atoms with van der Waals surface area (Å²) >= 11 is 1.51. The van der Waals surface area contributed by atoms with Crippen LogP contribution in [0.3, 0.4) is 0 Å². The minimum Gasteiger partial charge on any atom is -0.495 e. The van der Waals surface area contributed by atoms with E-state index in [1.54, 1.807) is 30.3 Å². The molecule has 1 N–H and O–H groups in total. The Morgan fingerprint density at radius 3 is 2.85 bits per heavy atom. The predicted octanol–water partition coefficient (Wildman–Crippen LogP) is 3.30. The molecule has 1 aromatic heterocycles. The SMILES string of the molecule is COc1ccccc1NC(=O)C(C#N)=Cc1ccsc1. The standard InChI is InChI=1S/C15H12N2O2S/c1-19-14-5-3-2-4-13(14)17-15(18)12(9-16)8-11-6-7-20-10-11/h2-8,10H,1H3,(H,17,18). The molecular formula is C15H12N2O2S. The first-order valence-corrected chi connectivity index (χ1v) is 6.77. The first-order valence-electron chi connectivity index (χ1n) is 5.83. The van der Waals surface area contributed by atoms with E-state index < -0.39 is 5.91 Å². The lowest BCUT2D eigenvalue weighted by molar-refractivity contribution is -0.112. The Morgan fingerprint density at radius 1 is 1.40 bits per heavy atom. The number of nitrogens with zero attached hydrogens (tertiary/aromatic N) is 1. The number of hydrogen-bond acceptors (Lipinski definition) is 4. The Balaban J connectivity index is 2.21. The normalized spacial score (nSPS) is 10.7. The average molecular weight is 284 g/mol. The fourth-order valence-electron chi connectivity index (χ4n) is 1.61. The molecule has 0 saturated carbocycles. The van der Waals surface area contributed by atoms with Gasteiger partial charge in [-0.3, -0.25) is 4.79 Å². The number of amides is 1. The molecule has 0 aliphatic carbocycles. The van der Waals surface area contributed by atoms with Crippen LogP contribution in [0.2, 0.25) is 0 Å². The fourth-order valence-corrected chi connectivity index (χ4v) is 2.23. The molecule has 0 radical (unpaired) electrons. The molecule has 0 bridgehead atoms. The highest BCUT2D eigenvalue weighted by Crippen LogP contribution is 2.23. The number of carbonyl (C=O) groups is 1. The zero-order chi connectivity index (χ0) is 14.4. The van der Waals surface area contributed by atoms with Crippen LogP contribution in [0.1, 0.15) is 5.56 Å². The Kier molecular flexibility index (Phi) is 4.53. The largest absolute Gasteiger partial charge is 0.495 e. The summed E-state index contributed by atoms with van der Waals surface area (Å²) in [5.41, 5.74) is 1.42. The zero-order valence-corrected chi connectivity index (χ0v) is 11.6. The van der Waals surface area contributed by atoms with Gasteiger partial charge in [0.25, 0.3) is 5.91 Å².